The van der Waals surface area contributed by atoms with Crippen LogP contribution in [0.2, 0.25) is 0 Å². The summed E-state index contributed by atoms with van der Waals surface area (Å²) in [6.45, 7) is 9.42. The number of rotatable bonds is 5. The van der Waals surface area contributed by atoms with Gasteiger partial charge in [0, 0.05) is 11.8 Å². The second-order valence-electron chi connectivity index (χ2n) is 6.53. The highest BCUT2D eigenvalue weighted by molar-refractivity contribution is 5.97. The van der Waals surface area contributed by atoms with Crippen LogP contribution in [-0.4, -0.2) is 18.0 Å². The second kappa shape index (κ2) is 8.48. The van der Waals surface area contributed by atoms with Crippen molar-refractivity contribution in [3.05, 3.63) is 70.3 Å². The number of nitrogens with one attached hydrogen (secondary N) is 1. The molecule has 26 heavy (non-hydrogen) atoms. The lowest BCUT2D eigenvalue weighted by atomic mass is 10.0. The summed E-state index contributed by atoms with van der Waals surface area (Å²) in [5.41, 5.74) is 5.86. The normalized spacial score (nSPS) is 12.0. The molecule has 2 aromatic carbocycles. The Balaban J connectivity index is 1.99. The molecule has 0 aliphatic carbocycles. The number of ether oxygens (including phenoxy) is 1. The molecule has 1 atom stereocenters. The molecule has 0 fully saturated rings. The van der Waals surface area contributed by atoms with E-state index in [0.717, 1.165) is 33.5 Å². The van der Waals surface area contributed by atoms with Crippen molar-refractivity contribution < 1.29 is 14.3 Å². The summed E-state index contributed by atoms with van der Waals surface area (Å²) in [4.78, 5) is 24.3. The highest BCUT2D eigenvalue weighted by atomic mass is 16.5. The van der Waals surface area contributed by atoms with Crippen LogP contribution < -0.4 is 5.32 Å². The van der Waals surface area contributed by atoms with Gasteiger partial charge in [-0.1, -0.05) is 42.0 Å². The standard InChI is InChI=1S/C22H25NO3/c1-14-12-16(3)21(17(4)13-14)23-22(25)18(5)26-20(24)11-10-19-9-7-6-8-15(19)2/h6-13,18H,1-5H3,(H,23,25)/b11-10+/t18-/m0/s1. The maximum absolute atomic E-state index is 12.4. The molecule has 0 aromatic heterocycles. The number of esters is 1. The fourth-order valence-electron chi connectivity index (χ4n) is 2.80. The Kier molecular flexibility index (Phi) is 6.34. The van der Waals surface area contributed by atoms with Gasteiger partial charge in [0.2, 0.25) is 0 Å². The van der Waals surface area contributed by atoms with Crippen molar-refractivity contribution in [3.63, 3.8) is 0 Å². The van der Waals surface area contributed by atoms with E-state index in [1.807, 2.05) is 64.1 Å². The van der Waals surface area contributed by atoms with E-state index in [1.54, 1.807) is 13.0 Å². The van der Waals surface area contributed by atoms with Crippen molar-refractivity contribution in [2.75, 3.05) is 5.32 Å². The smallest absolute Gasteiger partial charge is 0.331 e. The minimum absolute atomic E-state index is 0.349. The van der Waals surface area contributed by atoms with Crippen LogP contribution in [0, 0.1) is 27.7 Å². The van der Waals surface area contributed by atoms with Crippen LogP contribution in [-0.2, 0) is 14.3 Å². The van der Waals surface area contributed by atoms with E-state index in [0.29, 0.717) is 0 Å². The first-order valence-corrected chi connectivity index (χ1v) is 8.61. The van der Waals surface area contributed by atoms with Crippen LogP contribution in [0.5, 0.6) is 0 Å². The zero-order valence-electron chi connectivity index (χ0n) is 15.9. The van der Waals surface area contributed by atoms with Crippen molar-refractivity contribution in [3.8, 4) is 0 Å². The molecule has 2 aromatic rings. The van der Waals surface area contributed by atoms with Gasteiger partial charge in [0.05, 0.1) is 0 Å². The first kappa shape index (κ1) is 19.4. The highest BCUT2D eigenvalue weighted by Gasteiger charge is 2.18. The van der Waals surface area contributed by atoms with Crippen LogP contribution in [0.3, 0.4) is 0 Å². The molecule has 4 heteroatoms. The predicted molar refractivity (Wildman–Crippen MR) is 105 cm³/mol. The molecular weight excluding hydrogens is 326 g/mol. The predicted octanol–water partition coefficient (Wildman–Crippen LogP) is 4.50. The van der Waals surface area contributed by atoms with Gasteiger partial charge in [0.25, 0.3) is 5.91 Å². The van der Waals surface area contributed by atoms with Crippen molar-refractivity contribution in [1.29, 1.82) is 0 Å². The summed E-state index contributed by atoms with van der Waals surface area (Å²) >= 11 is 0. The molecule has 0 saturated carbocycles. The molecule has 0 unspecified atom stereocenters. The molecular formula is C22H25NO3. The van der Waals surface area contributed by atoms with E-state index < -0.39 is 12.1 Å². The monoisotopic (exact) mass is 351 g/mol. The summed E-state index contributed by atoms with van der Waals surface area (Å²) in [5, 5.41) is 2.85. The van der Waals surface area contributed by atoms with Gasteiger partial charge in [-0.3, -0.25) is 4.79 Å². The Hall–Kier alpha value is -2.88. The average molecular weight is 351 g/mol. The molecule has 1 amide bonds. The first-order valence-electron chi connectivity index (χ1n) is 8.61. The molecule has 0 spiro atoms. The van der Waals surface area contributed by atoms with Crippen molar-refractivity contribution >= 4 is 23.6 Å². The third-order valence-electron chi connectivity index (χ3n) is 4.17. The summed E-state index contributed by atoms with van der Waals surface area (Å²) in [7, 11) is 0. The molecule has 0 aliphatic heterocycles. The van der Waals surface area contributed by atoms with Crippen LogP contribution >= 0.6 is 0 Å². The molecule has 0 saturated heterocycles. The minimum atomic E-state index is -0.885. The third kappa shape index (κ3) is 5.06. The number of carbonyl (C=O) groups excluding carboxylic acids is 2. The van der Waals surface area contributed by atoms with E-state index in [1.165, 1.54) is 6.08 Å². The fraction of sp³-hybridized carbons (Fsp3) is 0.273. The van der Waals surface area contributed by atoms with E-state index in [4.69, 9.17) is 4.74 Å². The van der Waals surface area contributed by atoms with Gasteiger partial charge >= 0.3 is 5.97 Å². The van der Waals surface area contributed by atoms with Gasteiger partial charge in [-0.05, 0) is 62.9 Å². The molecule has 0 heterocycles. The Morgan fingerprint density at radius 3 is 2.23 bits per heavy atom. The molecule has 0 bridgehead atoms. The second-order valence-corrected chi connectivity index (χ2v) is 6.53. The number of hydrogen-bond acceptors (Lipinski definition) is 3. The lowest BCUT2D eigenvalue weighted by Crippen LogP contribution is -2.30. The van der Waals surface area contributed by atoms with E-state index >= 15 is 0 Å². The first-order chi connectivity index (χ1) is 12.3. The van der Waals surface area contributed by atoms with Gasteiger partial charge in [-0.15, -0.1) is 0 Å². The number of anilines is 1. The summed E-state index contributed by atoms with van der Waals surface area (Å²) < 4.78 is 5.21. The molecule has 1 N–H and O–H groups in total. The van der Waals surface area contributed by atoms with Gasteiger partial charge in [-0.25, -0.2) is 4.79 Å². The van der Waals surface area contributed by atoms with Crippen LogP contribution in [0.1, 0.15) is 34.7 Å². The maximum Gasteiger partial charge on any atom is 0.331 e. The molecule has 0 radical (unpaired) electrons. The zero-order chi connectivity index (χ0) is 19.3. The minimum Gasteiger partial charge on any atom is -0.449 e. The molecule has 0 aliphatic rings. The van der Waals surface area contributed by atoms with Crippen molar-refractivity contribution in [1.82, 2.24) is 0 Å². The number of aryl methyl sites for hydroxylation is 4. The fourth-order valence-corrected chi connectivity index (χ4v) is 2.80. The molecule has 136 valence electrons. The quantitative estimate of drug-likeness (QED) is 0.637. The van der Waals surface area contributed by atoms with E-state index in [2.05, 4.69) is 5.32 Å². The number of amides is 1. The summed E-state index contributed by atoms with van der Waals surface area (Å²) in [5.74, 6) is -0.897. The Labute approximate surface area is 154 Å². The van der Waals surface area contributed by atoms with Crippen molar-refractivity contribution in [2.24, 2.45) is 0 Å². The topological polar surface area (TPSA) is 55.4 Å². The largest absolute Gasteiger partial charge is 0.449 e. The average Bonchev–Trinajstić information content (AvgIpc) is 2.57. The molecule has 4 nitrogen and oxygen atoms in total. The van der Waals surface area contributed by atoms with Crippen LogP contribution in [0.25, 0.3) is 6.08 Å². The SMILES string of the molecule is Cc1cc(C)c(NC(=O)[C@H](C)OC(=O)/C=C/c2ccccc2C)c(C)c1. The zero-order valence-corrected chi connectivity index (χ0v) is 15.9. The molecule has 2 rings (SSSR count). The number of benzene rings is 2. The van der Waals surface area contributed by atoms with E-state index in [-0.39, 0.29) is 5.91 Å². The maximum atomic E-state index is 12.4. The number of hydrogen-bond donors (Lipinski definition) is 1. The Morgan fingerprint density at radius 2 is 1.62 bits per heavy atom. The lowest BCUT2D eigenvalue weighted by molar-refractivity contribution is -0.148. The van der Waals surface area contributed by atoms with Gasteiger partial charge < -0.3 is 10.1 Å². The lowest BCUT2D eigenvalue weighted by Gasteiger charge is -2.16. The Morgan fingerprint density at radius 1 is 1.00 bits per heavy atom. The highest BCUT2D eigenvalue weighted by Crippen LogP contribution is 2.22. The van der Waals surface area contributed by atoms with Gasteiger partial charge in [-0.2, -0.15) is 0 Å². The van der Waals surface area contributed by atoms with Gasteiger partial charge in [0.15, 0.2) is 6.10 Å². The van der Waals surface area contributed by atoms with E-state index in [9.17, 15) is 9.59 Å². The van der Waals surface area contributed by atoms with Crippen molar-refractivity contribution in [2.45, 2.75) is 40.7 Å². The third-order valence-corrected chi connectivity index (χ3v) is 4.17. The summed E-state index contributed by atoms with van der Waals surface area (Å²) in [6, 6.07) is 11.7. The van der Waals surface area contributed by atoms with Crippen LogP contribution in [0.15, 0.2) is 42.5 Å². The number of carbonyl (C=O) groups is 2. The Bertz CT molecular complexity index is 829. The van der Waals surface area contributed by atoms with Crippen LogP contribution in [0.4, 0.5) is 5.69 Å². The summed E-state index contributed by atoms with van der Waals surface area (Å²) in [6.07, 6.45) is 2.15. The van der Waals surface area contributed by atoms with Gasteiger partial charge in [0.1, 0.15) is 0 Å².